The molecule has 0 radical (unpaired) electrons. The van der Waals surface area contributed by atoms with E-state index in [0.29, 0.717) is 13.1 Å². The lowest BCUT2D eigenvalue weighted by Gasteiger charge is -2.38. The molecule has 2 aliphatic heterocycles. The van der Waals surface area contributed by atoms with Crippen LogP contribution >= 0.6 is 0 Å². The number of carbonyl (C=O) groups excluding carboxylic acids is 1. The van der Waals surface area contributed by atoms with Crippen molar-refractivity contribution in [3.05, 3.63) is 46.9 Å². The van der Waals surface area contributed by atoms with Crippen LogP contribution in [0.2, 0.25) is 0 Å². The highest BCUT2D eigenvalue weighted by Crippen LogP contribution is 2.29. The Labute approximate surface area is 172 Å². The number of aryl methyl sites for hydroxylation is 2. The average molecular weight is 396 g/mol. The summed E-state index contributed by atoms with van der Waals surface area (Å²) in [7, 11) is 0. The summed E-state index contributed by atoms with van der Waals surface area (Å²) >= 11 is 0. The Bertz CT molecular complexity index is 906. The predicted molar refractivity (Wildman–Crippen MR) is 113 cm³/mol. The van der Waals surface area contributed by atoms with Gasteiger partial charge in [-0.25, -0.2) is 14.8 Å². The van der Waals surface area contributed by atoms with Gasteiger partial charge in [0.1, 0.15) is 11.6 Å². The van der Waals surface area contributed by atoms with Crippen molar-refractivity contribution in [3.8, 4) is 0 Å². The molecule has 0 saturated carbocycles. The standard InChI is InChI=1S/C22H29N5O2/c1-14-6-5-7-18(10-14)25-22(28)26-9-8-20-19(13-26)21(24-17(4)23-20)27-11-15(2)29-16(3)12-27/h5-7,10,15-16H,8-9,11-13H2,1-4H3,(H,25,28)/t15-,16-/m0/s1. The SMILES string of the molecule is Cc1cccc(NC(=O)N2CCc3nc(C)nc(N4C[C@H](C)O[C@@H](C)C4)c3C2)c1. The molecule has 4 rings (SSSR count). The molecule has 154 valence electrons. The van der Waals surface area contributed by atoms with Crippen LogP contribution in [-0.4, -0.2) is 52.7 Å². The summed E-state index contributed by atoms with van der Waals surface area (Å²) in [6.07, 6.45) is 1.03. The number of morpholine rings is 1. The summed E-state index contributed by atoms with van der Waals surface area (Å²) < 4.78 is 5.89. The fraction of sp³-hybridized carbons (Fsp3) is 0.500. The number of fused-ring (bicyclic) bond motifs is 1. The maximum Gasteiger partial charge on any atom is 0.322 e. The van der Waals surface area contributed by atoms with Gasteiger partial charge in [-0.1, -0.05) is 12.1 Å². The third-order valence-electron chi connectivity index (χ3n) is 5.43. The van der Waals surface area contributed by atoms with E-state index in [1.807, 2.05) is 43.0 Å². The van der Waals surface area contributed by atoms with Gasteiger partial charge in [0.25, 0.3) is 0 Å². The monoisotopic (exact) mass is 395 g/mol. The van der Waals surface area contributed by atoms with E-state index >= 15 is 0 Å². The van der Waals surface area contributed by atoms with Gasteiger partial charge in [0.2, 0.25) is 0 Å². The van der Waals surface area contributed by atoms with Crippen molar-refractivity contribution in [2.75, 3.05) is 29.9 Å². The number of benzene rings is 1. The van der Waals surface area contributed by atoms with Crippen molar-refractivity contribution in [3.63, 3.8) is 0 Å². The van der Waals surface area contributed by atoms with Gasteiger partial charge in [-0.3, -0.25) is 0 Å². The molecular weight excluding hydrogens is 366 g/mol. The zero-order chi connectivity index (χ0) is 20.5. The first-order valence-electron chi connectivity index (χ1n) is 10.3. The molecule has 1 fully saturated rings. The fourth-order valence-corrected chi connectivity index (χ4v) is 4.23. The van der Waals surface area contributed by atoms with Gasteiger partial charge >= 0.3 is 6.03 Å². The fourth-order valence-electron chi connectivity index (χ4n) is 4.23. The largest absolute Gasteiger partial charge is 0.372 e. The average Bonchev–Trinajstić information content (AvgIpc) is 2.66. The molecule has 7 heteroatoms. The van der Waals surface area contributed by atoms with Gasteiger partial charge in [-0.2, -0.15) is 0 Å². The number of hydrogen-bond acceptors (Lipinski definition) is 5. The first-order valence-corrected chi connectivity index (χ1v) is 10.3. The van der Waals surface area contributed by atoms with Gasteiger partial charge in [-0.15, -0.1) is 0 Å². The first kappa shape index (κ1) is 19.6. The summed E-state index contributed by atoms with van der Waals surface area (Å²) in [5.74, 6) is 1.73. The lowest BCUT2D eigenvalue weighted by atomic mass is 10.0. The van der Waals surface area contributed by atoms with Gasteiger partial charge < -0.3 is 19.9 Å². The van der Waals surface area contributed by atoms with Crippen LogP contribution in [-0.2, 0) is 17.7 Å². The van der Waals surface area contributed by atoms with Crippen molar-refractivity contribution in [2.45, 2.75) is 52.9 Å². The number of rotatable bonds is 2. The number of urea groups is 1. The highest BCUT2D eigenvalue weighted by atomic mass is 16.5. The Morgan fingerprint density at radius 3 is 2.66 bits per heavy atom. The van der Waals surface area contributed by atoms with Crippen LogP contribution in [0.15, 0.2) is 24.3 Å². The lowest BCUT2D eigenvalue weighted by Crippen LogP contribution is -2.47. The Morgan fingerprint density at radius 1 is 1.17 bits per heavy atom. The molecular formula is C22H29N5O2. The van der Waals surface area contributed by atoms with E-state index < -0.39 is 0 Å². The minimum atomic E-state index is -0.0866. The molecule has 2 atom stereocenters. The molecule has 1 aromatic heterocycles. The summed E-state index contributed by atoms with van der Waals surface area (Å²) in [4.78, 5) is 26.5. The van der Waals surface area contributed by atoms with Crippen LogP contribution in [0.1, 0.15) is 36.5 Å². The smallest absolute Gasteiger partial charge is 0.322 e. The quantitative estimate of drug-likeness (QED) is 0.845. The molecule has 7 nitrogen and oxygen atoms in total. The van der Waals surface area contributed by atoms with E-state index in [-0.39, 0.29) is 18.2 Å². The number of anilines is 2. The predicted octanol–water partition coefficient (Wildman–Crippen LogP) is 3.30. The molecule has 3 heterocycles. The molecule has 0 aliphatic carbocycles. The van der Waals surface area contributed by atoms with Gasteiger partial charge in [0, 0.05) is 37.3 Å². The molecule has 0 bridgehead atoms. The van der Waals surface area contributed by atoms with Crippen LogP contribution < -0.4 is 10.2 Å². The summed E-state index contributed by atoms with van der Waals surface area (Å²) in [5.41, 5.74) is 4.05. The third kappa shape index (κ3) is 4.34. The molecule has 1 saturated heterocycles. The Balaban J connectivity index is 1.57. The van der Waals surface area contributed by atoms with Gasteiger partial charge in [-0.05, 0) is 45.4 Å². The second kappa shape index (κ2) is 7.99. The Hall–Kier alpha value is -2.67. The van der Waals surface area contributed by atoms with Crippen LogP contribution in [0, 0.1) is 13.8 Å². The summed E-state index contributed by atoms with van der Waals surface area (Å²) in [6, 6.07) is 7.77. The number of carbonyl (C=O) groups is 1. The highest BCUT2D eigenvalue weighted by molar-refractivity contribution is 5.89. The number of nitrogens with zero attached hydrogens (tertiary/aromatic N) is 4. The van der Waals surface area contributed by atoms with E-state index in [4.69, 9.17) is 9.72 Å². The van der Waals surface area contributed by atoms with E-state index in [2.05, 4.69) is 29.0 Å². The number of ether oxygens (including phenoxy) is 1. The second-order valence-corrected chi connectivity index (χ2v) is 8.15. The number of aromatic nitrogens is 2. The van der Waals surface area contributed by atoms with Crippen LogP contribution in [0.25, 0.3) is 0 Å². The van der Waals surface area contributed by atoms with E-state index in [1.54, 1.807) is 0 Å². The molecule has 2 aromatic rings. The summed E-state index contributed by atoms with van der Waals surface area (Å²) in [5, 5.41) is 3.02. The zero-order valence-corrected chi connectivity index (χ0v) is 17.6. The van der Waals surface area contributed by atoms with Gasteiger partial charge in [0.05, 0.1) is 24.4 Å². The molecule has 29 heavy (non-hydrogen) atoms. The Morgan fingerprint density at radius 2 is 1.93 bits per heavy atom. The molecule has 1 aromatic carbocycles. The van der Waals surface area contributed by atoms with E-state index in [0.717, 1.165) is 53.7 Å². The molecule has 0 spiro atoms. The Kier molecular flexibility index (Phi) is 5.41. The maximum absolute atomic E-state index is 12.9. The normalized spacial score (nSPS) is 21.7. The summed E-state index contributed by atoms with van der Waals surface area (Å²) in [6.45, 7) is 10.9. The van der Waals surface area contributed by atoms with Crippen molar-refractivity contribution >= 4 is 17.5 Å². The number of amides is 2. The van der Waals surface area contributed by atoms with Crippen LogP contribution in [0.3, 0.4) is 0 Å². The number of hydrogen-bond donors (Lipinski definition) is 1. The topological polar surface area (TPSA) is 70.6 Å². The van der Waals surface area contributed by atoms with Crippen molar-refractivity contribution in [1.82, 2.24) is 14.9 Å². The highest BCUT2D eigenvalue weighted by Gasteiger charge is 2.30. The zero-order valence-electron chi connectivity index (χ0n) is 17.6. The molecule has 2 amide bonds. The van der Waals surface area contributed by atoms with Crippen molar-refractivity contribution in [1.29, 1.82) is 0 Å². The molecule has 0 unspecified atom stereocenters. The lowest BCUT2D eigenvalue weighted by molar-refractivity contribution is -0.00557. The van der Waals surface area contributed by atoms with Crippen molar-refractivity contribution < 1.29 is 9.53 Å². The second-order valence-electron chi connectivity index (χ2n) is 8.15. The maximum atomic E-state index is 12.9. The van der Waals surface area contributed by atoms with Crippen LogP contribution in [0.4, 0.5) is 16.3 Å². The van der Waals surface area contributed by atoms with E-state index in [9.17, 15) is 4.79 Å². The van der Waals surface area contributed by atoms with E-state index in [1.165, 1.54) is 0 Å². The third-order valence-corrected chi connectivity index (χ3v) is 5.43. The molecule has 2 aliphatic rings. The minimum Gasteiger partial charge on any atom is -0.372 e. The number of nitrogens with one attached hydrogen (secondary N) is 1. The van der Waals surface area contributed by atoms with Crippen LogP contribution in [0.5, 0.6) is 0 Å². The minimum absolute atomic E-state index is 0.0866. The molecule has 1 N–H and O–H groups in total. The van der Waals surface area contributed by atoms with Crippen molar-refractivity contribution in [2.24, 2.45) is 0 Å². The first-order chi connectivity index (χ1) is 13.9. The van der Waals surface area contributed by atoms with Gasteiger partial charge in [0.15, 0.2) is 0 Å².